The van der Waals surface area contributed by atoms with Crippen LogP contribution in [-0.4, -0.2) is 36.1 Å². The Balaban J connectivity index is 2.62. The van der Waals surface area contributed by atoms with Crippen molar-refractivity contribution < 1.29 is 9.53 Å². The van der Waals surface area contributed by atoms with Gasteiger partial charge in [-0.1, -0.05) is 18.3 Å². The fourth-order valence-electron chi connectivity index (χ4n) is 1.55. The molecule has 0 aliphatic carbocycles. The molecule has 3 N–H and O–H groups in total. The lowest BCUT2D eigenvalue weighted by atomic mass is 10.3. The number of carbonyl (C=O) groups excluding carboxylic acids is 1. The number of nitrogens with zero attached hydrogens (tertiary/aromatic N) is 1. The Morgan fingerprint density at radius 1 is 1.53 bits per heavy atom. The first-order valence-electron chi connectivity index (χ1n) is 6.05. The van der Waals surface area contributed by atoms with Crippen LogP contribution < -0.4 is 15.8 Å². The molecule has 1 rings (SSSR count). The van der Waals surface area contributed by atoms with Crippen LogP contribution >= 0.6 is 12.2 Å². The van der Waals surface area contributed by atoms with Gasteiger partial charge in [-0.05, 0) is 19.1 Å². The second-order valence-electron chi connectivity index (χ2n) is 3.96. The van der Waals surface area contributed by atoms with Crippen LogP contribution in [0, 0.1) is 0 Å². The van der Waals surface area contributed by atoms with Crippen molar-refractivity contribution in [1.29, 1.82) is 0 Å². The van der Waals surface area contributed by atoms with Crippen molar-refractivity contribution in [2.45, 2.75) is 13.3 Å². The number of nitrogens with two attached hydrogens (primary N) is 1. The molecule has 0 aliphatic rings. The van der Waals surface area contributed by atoms with Crippen molar-refractivity contribution in [1.82, 2.24) is 4.90 Å². The Labute approximate surface area is 118 Å². The van der Waals surface area contributed by atoms with E-state index in [1.165, 1.54) is 0 Å². The van der Waals surface area contributed by atoms with Crippen LogP contribution in [0.15, 0.2) is 24.3 Å². The molecule has 1 aromatic carbocycles. The van der Waals surface area contributed by atoms with Crippen LogP contribution in [0.5, 0.6) is 5.75 Å². The molecule has 6 heteroatoms. The quantitative estimate of drug-likeness (QED) is 0.785. The largest absolute Gasteiger partial charge is 0.497 e. The first-order chi connectivity index (χ1) is 9.06. The number of urea groups is 1. The highest BCUT2D eigenvalue weighted by atomic mass is 32.1. The lowest BCUT2D eigenvalue weighted by Crippen LogP contribution is -2.36. The van der Waals surface area contributed by atoms with Gasteiger partial charge in [0.1, 0.15) is 5.75 Å². The van der Waals surface area contributed by atoms with E-state index in [0.29, 0.717) is 35.9 Å². The molecule has 0 spiro atoms. The monoisotopic (exact) mass is 281 g/mol. The third kappa shape index (κ3) is 5.13. The molecule has 0 unspecified atom stereocenters. The topological polar surface area (TPSA) is 67.6 Å². The minimum atomic E-state index is -0.174. The molecule has 104 valence electrons. The number of methoxy groups -OCH3 is 1. The van der Waals surface area contributed by atoms with E-state index >= 15 is 0 Å². The molecule has 0 radical (unpaired) electrons. The van der Waals surface area contributed by atoms with Crippen LogP contribution in [0.1, 0.15) is 13.3 Å². The highest BCUT2D eigenvalue weighted by Gasteiger charge is 2.11. The fourth-order valence-corrected chi connectivity index (χ4v) is 1.64. The fraction of sp³-hybridized carbons (Fsp3) is 0.385. The number of amides is 2. The van der Waals surface area contributed by atoms with Crippen LogP contribution in [0.25, 0.3) is 0 Å². The molecule has 19 heavy (non-hydrogen) atoms. The van der Waals surface area contributed by atoms with Gasteiger partial charge in [0.25, 0.3) is 0 Å². The molecule has 5 nitrogen and oxygen atoms in total. The molecule has 0 fully saturated rings. The zero-order valence-electron chi connectivity index (χ0n) is 11.2. The summed E-state index contributed by atoms with van der Waals surface area (Å²) in [5.74, 6) is 0.698. The van der Waals surface area contributed by atoms with Crippen molar-refractivity contribution in [2.24, 2.45) is 5.73 Å². The summed E-state index contributed by atoms with van der Waals surface area (Å²) in [5.41, 5.74) is 6.14. The first-order valence-corrected chi connectivity index (χ1v) is 6.46. The summed E-state index contributed by atoms with van der Waals surface area (Å²) in [4.78, 5) is 14.1. The maximum Gasteiger partial charge on any atom is 0.321 e. The zero-order valence-corrected chi connectivity index (χ0v) is 12.0. The molecule has 1 aromatic rings. The molecular weight excluding hydrogens is 262 g/mol. The van der Waals surface area contributed by atoms with Gasteiger partial charge >= 0.3 is 6.03 Å². The SMILES string of the molecule is CCN(CCC(N)=S)C(=O)Nc1cccc(OC)c1. The van der Waals surface area contributed by atoms with Crippen molar-refractivity contribution >= 4 is 28.9 Å². The van der Waals surface area contributed by atoms with E-state index < -0.39 is 0 Å². The lowest BCUT2D eigenvalue weighted by molar-refractivity contribution is 0.216. The van der Waals surface area contributed by atoms with Gasteiger partial charge in [0.15, 0.2) is 0 Å². The van der Waals surface area contributed by atoms with Crippen molar-refractivity contribution in [3.63, 3.8) is 0 Å². The predicted octanol–water partition coefficient (Wildman–Crippen LogP) is 2.23. The first kappa shape index (κ1) is 15.2. The summed E-state index contributed by atoms with van der Waals surface area (Å²) in [7, 11) is 1.58. The van der Waals surface area contributed by atoms with Gasteiger partial charge in [-0.2, -0.15) is 0 Å². The molecule has 0 saturated carbocycles. The zero-order chi connectivity index (χ0) is 14.3. The summed E-state index contributed by atoms with van der Waals surface area (Å²) in [5, 5.41) is 2.81. The molecule has 0 saturated heterocycles. The number of thiocarbonyl (C=S) groups is 1. The molecule has 2 amide bonds. The van der Waals surface area contributed by atoms with Gasteiger partial charge in [-0.15, -0.1) is 0 Å². The Kier molecular flexibility index (Phi) is 6.08. The van der Waals surface area contributed by atoms with E-state index in [-0.39, 0.29) is 6.03 Å². The summed E-state index contributed by atoms with van der Waals surface area (Å²) in [6.45, 7) is 3.02. The van der Waals surface area contributed by atoms with Crippen LogP contribution in [-0.2, 0) is 0 Å². The van der Waals surface area contributed by atoms with Crippen molar-refractivity contribution in [3.8, 4) is 5.75 Å². The number of hydrogen-bond donors (Lipinski definition) is 2. The van der Waals surface area contributed by atoms with Crippen molar-refractivity contribution in [3.05, 3.63) is 24.3 Å². The highest BCUT2D eigenvalue weighted by molar-refractivity contribution is 7.80. The Hall–Kier alpha value is -1.82. The van der Waals surface area contributed by atoms with Crippen LogP contribution in [0.2, 0.25) is 0 Å². The number of anilines is 1. The Morgan fingerprint density at radius 3 is 2.84 bits per heavy atom. The molecule has 0 aliphatic heterocycles. The van der Waals surface area contributed by atoms with Gasteiger partial charge in [0, 0.05) is 31.3 Å². The number of nitrogens with one attached hydrogen (secondary N) is 1. The summed E-state index contributed by atoms with van der Waals surface area (Å²) in [6, 6.07) is 7.04. The average molecular weight is 281 g/mol. The van der Waals surface area contributed by atoms with Gasteiger partial charge in [-0.3, -0.25) is 0 Å². The highest BCUT2D eigenvalue weighted by Crippen LogP contribution is 2.17. The maximum absolute atomic E-state index is 12.0. The number of carbonyl (C=O) groups is 1. The third-order valence-corrected chi connectivity index (χ3v) is 2.82. The second kappa shape index (κ2) is 7.58. The second-order valence-corrected chi connectivity index (χ2v) is 4.48. The molecule has 0 atom stereocenters. The number of benzene rings is 1. The van der Waals surface area contributed by atoms with E-state index in [0.717, 1.165) is 0 Å². The Morgan fingerprint density at radius 2 is 2.26 bits per heavy atom. The van der Waals surface area contributed by atoms with E-state index in [4.69, 9.17) is 22.7 Å². The molecule has 0 heterocycles. The minimum absolute atomic E-state index is 0.174. The predicted molar refractivity (Wildman–Crippen MR) is 80.7 cm³/mol. The smallest absolute Gasteiger partial charge is 0.321 e. The van der Waals surface area contributed by atoms with E-state index in [2.05, 4.69) is 5.32 Å². The minimum Gasteiger partial charge on any atom is -0.497 e. The maximum atomic E-state index is 12.0. The lowest BCUT2D eigenvalue weighted by Gasteiger charge is -2.21. The number of hydrogen-bond acceptors (Lipinski definition) is 3. The normalized spacial score (nSPS) is 9.79. The van der Waals surface area contributed by atoms with Crippen LogP contribution in [0.3, 0.4) is 0 Å². The Bertz CT molecular complexity index is 451. The summed E-state index contributed by atoms with van der Waals surface area (Å²) >= 11 is 4.81. The van der Waals surface area contributed by atoms with Crippen LogP contribution in [0.4, 0.5) is 10.5 Å². The van der Waals surface area contributed by atoms with Gasteiger partial charge < -0.3 is 20.7 Å². The molecule has 0 bridgehead atoms. The molecular formula is C13H19N3O2S. The van der Waals surface area contributed by atoms with Crippen molar-refractivity contribution in [2.75, 3.05) is 25.5 Å². The third-order valence-electron chi connectivity index (χ3n) is 2.62. The number of ether oxygens (including phenoxy) is 1. The van der Waals surface area contributed by atoms with E-state index in [1.54, 1.807) is 18.1 Å². The van der Waals surface area contributed by atoms with E-state index in [1.807, 2.05) is 25.1 Å². The summed E-state index contributed by atoms with van der Waals surface area (Å²) < 4.78 is 5.10. The molecule has 0 aromatic heterocycles. The van der Waals surface area contributed by atoms with Gasteiger partial charge in [0.2, 0.25) is 0 Å². The number of rotatable bonds is 6. The van der Waals surface area contributed by atoms with Gasteiger partial charge in [-0.25, -0.2) is 4.79 Å². The average Bonchev–Trinajstić information content (AvgIpc) is 2.39. The summed E-state index contributed by atoms with van der Waals surface area (Å²) in [6.07, 6.45) is 0.523. The standard InChI is InChI=1S/C13H19N3O2S/c1-3-16(8-7-12(14)19)13(17)15-10-5-4-6-11(9-10)18-2/h4-6,9H,3,7-8H2,1-2H3,(H2,14,19)(H,15,17). The van der Waals surface area contributed by atoms with Gasteiger partial charge in [0.05, 0.1) is 12.1 Å². The van der Waals surface area contributed by atoms with E-state index in [9.17, 15) is 4.79 Å².